The van der Waals surface area contributed by atoms with E-state index in [-0.39, 0.29) is 17.7 Å². The Morgan fingerprint density at radius 3 is 2.50 bits per heavy atom. The van der Waals surface area contributed by atoms with Gasteiger partial charge in [0.1, 0.15) is 11.5 Å². The number of aryl methyl sites for hydroxylation is 1. The molecular formula is C24H20F3N3O2. The number of ether oxygens (including phenoxy) is 1. The molecule has 0 aliphatic heterocycles. The Kier molecular flexibility index (Phi) is 5.61. The lowest BCUT2D eigenvalue weighted by Gasteiger charge is -2.13. The summed E-state index contributed by atoms with van der Waals surface area (Å²) in [6, 6.07) is 14.8. The number of amides is 1. The predicted octanol–water partition coefficient (Wildman–Crippen LogP) is 5.88. The highest BCUT2D eigenvalue weighted by atomic mass is 19.4. The van der Waals surface area contributed by atoms with Gasteiger partial charge in [0.2, 0.25) is 0 Å². The third-order valence-electron chi connectivity index (χ3n) is 5.03. The summed E-state index contributed by atoms with van der Waals surface area (Å²) in [5.74, 6) is 0.534. The minimum absolute atomic E-state index is 0.237. The molecule has 1 atom stereocenters. The number of halogens is 3. The van der Waals surface area contributed by atoms with Crippen molar-refractivity contribution in [2.45, 2.75) is 19.1 Å². The Bertz CT molecular complexity index is 1260. The molecule has 5 nitrogen and oxygen atoms in total. The van der Waals surface area contributed by atoms with E-state index < -0.39 is 11.7 Å². The van der Waals surface area contributed by atoms with Crippen LogP contribution in [0.4, 0.5) is 13.2 Å². The van der Waals surface area contributed by atoms with Crippen molar-refractivity contribution in [1.82, 2.24) is 14.9 Å². The first-order valence-electron chi connectivity index (χ1n) is 9.87. The molecule has 0 saturated heterocycles. The maximum Gasteiger partial charge on any atom is 0.416 e. The van der Waals surface area contributed by atoms with E-state index >= 15 is 0 Å². The van der Waals surface area contributed by atoms with Crippen molar-refractivity contribution in [3.8, 4) is 11.5 Å². The van der Waals surface area contributed by atoms with Crippen LogP contribution in [0.5, 0.6) is 11.5 Å². The third kappa shape index (κ3) is 4.59. The van der Waals surface area contributed by atoms with Crippen molar-refractivity contribution in [3.63, 3.8) is 0 Å². The van der Waals surface area contributed by atoms with E-state index in [4.69, 9.17) is 4.74 Å². The molecule has 1 unspecified atom stereocenters. The summed E-state index contributed by atoms with van der Waals surface area (Å²) in [6.45, 7) is 1.86. The number of rotatable bonds is 5. The van der Waals surface area contributed by atoms with Crippen LogP contribution in [0.25, 0.3) is 10.8 Å². The van der Waals surface area contributed by atoms with E-state index in [1.165, 1.54) is 12.1 Å². The lowest BCUT2D eigenvalue weighted by Crippen LogP contribution is -2.26. The first-order chi connectivity index (χ1) is 15.2. The number of carbonyl (C=O) groups excluding carboxylic acids is 1. The largest absolute Gasteiger partial charge is 0.457 e. The maximum absolute atomic E-state index is 12.8. The van der Waals surface area contributed by atoms with Crippen LogP contribution < -0.4 is 10.1 Å². The second kappa shape index (κ2) is 8.37. The summed E-state index contributed by atoms with van der Waals surface area (Å²) in [7, 11) is 1.86. The first kappa shape index (κ1) is 21.4. The second-order valence-electron chi connectivity index (χ2n) is 7.48. The Labute approximate surface area is 182 Å². The molecule has 32 heavy (non-hydrogen) atoms. The van der Waals surface area contributed by atoms with Gasteiger partial charge >= 0.3 is 6.18 Å². The number of carbonyl (C=O) groups is 1. The molecule has 0 radical (unpaired) electrons. The summed E-state index contributed by atoms with van der Waals surface area (Å²) >= 11 is 0. The highest BCUT2D eigenvalue weighted by Gasteiger charge is 2.30. The third-order valence-corrected chi connectivity index (χ3v) is 5.03. The van der Waals surface area contributed by atoms with E-state index in [2.05, 4.69) is 10.3 Å². The van der Waals surface area contributed by atoms with Gasteiger partial charge in [-0.1, -0.05) is 12.1 Å². The molecule has 1 aromatic heterocycles. The molecule has 0 aliphatic carbocycles. The molecule has 0 bridgehead atoms. The van der Waals surface area contributed by atoms with Crippen LogP contribution in [0.1, 0.15) is 34.6 Å². The zero-order valence-corrected chi connectivity index (χ0v) is 17.4. The van der Waals surface area contributed by atoms with Crippen LogP contribution in [-0.2, 0) is 13.2 Å². The van der Waals surface area contributed by atoms with Crippen molar-refractivity contribution in [1.29, 1.82) is 0 Å². The highest BCUT2D eigenvalue weighted by molar-refractivity contribution is 6.00. The van der Waals surface area contributed by atoms with Crippen molar-refractivity contribution >= 4 is 16.7 Å². The van der Waals surface area contributed by atoms with Crippen LogP contribution in [-0.4, -0.2) is 15.5 Å². The first-order valence-corrected chi connectivity index (χ1v) is 9.87. The van der Waals surface area contributed by atoms with Gasteiger partial charge in [-0.05, 0) is 60.8 Å². The van der Waals surface area contributed by atoms with Gasteiger partial charge in [-0.15, -0.1) is 0 Å². The Balaban J connectivity index is 1.54. The summed E-state index contributed by atoms with van der Waals surface area (Å²) < 4.78 is 45.9. The van der Waals surface area contributed by atoms with Gasteiger partial charge in [-0.3, -0.25) is 4.79 Å². The summed E-state index contributed by atoms with van der Waals surface area (Å²) in [5, 5.41) is 4.43. The standard InChI is InChI=1S/C24H20F3N3O2/c1-15(21-13-30(2)14-28-21)29-23(31)17-6-11-20-16(12-17)4-3-5-22(20)32-19-9-7-18(8-10-19)24(25,26)27/h3-15H,1-2H3,(H,29,31). The molecule has 4 aromatic rings. The van der Waals surface area contributed by atoms with Crippen LogP contribution in [0, 0.1) is 0 Å². The fraction of sp³-hybridized carbons (Fsp3) is 0.167. The number of fused-ring (bicyclic) bond motifs is 1. The van der Waals surface area contributed by atoms with Crippen LogP contribution >= 0.6 is 0 Å². The van der Waals surface area contributed by atoms with E-state index in [9.17, 15) is 18.0 Å². The molecule has 164 valence electrons. The van der Waals surface area contributed by atoms with Gasteiger partial charge in [-0.2, -0.15) is 13.2 Å². The minimum atomic E-state index is -4.40. The number of alkyl halides is 3. The topological polar surface area (TPSA) is 56.1 Å². The number of benzene rings is 3. The Morgan fingerprint density at radius 1 is 1.09 bits per heavy atom. The number of nitrogens with zero attached hydrogens (tertiary/aromatic N) is 2. The molecule has 0 aliphatic rings. The number of aromatic nitrogens is 2. The molecule has 0 fully saturated rings. The monoisotopic (exact) mass is 439 g/mol. The minimum Gasteiger partial charge on any atom is -0.457 e. The smallest absolute Gasteiger partial charge is 0.416 e. The molecular weight excluding hydrogens is 419 g/mol. The number of hydrogen-bond acceptors (Lipinski definition) is 3. The molecule has 3 aromatic carbocycles. The van der Waals surface area contributed by atoms with E-state index in [0.717, 1.165) is 28.6 Å². The summed E-state index contributed by atoms with van der Waals surface area (Å²) in [4.78, 5) is 17.0. The van der Waals surface area contributed by atoms with Crippen molar-refractivity contribution < 1.29 is 22.7 Å². The molecule has 4 rings (SSSR count). The van der Waals surface area contributed by atoms with Crippen molar-refractivity contribution in [2.75, 3.05) is 0 Å². The normalized spacial score (nSPS) is 12.5. The second-order valence-corrected chi connectivity index (χ2v) is 7.48. The molecule has 0 spiro atoms. The summed E-state index contributed by atoms with van der Waals surface area (Å²) in [5.41, 5.74) is 0.499. The molecule has 1 amide bonds. The fourth-order valence-electron chi connectivity index (χ4n) is 3.33. The SMILES string of the molecule is CC(NC(=O)c1ccc2c(Oc3ccc(C(F)(F)F)cc3)cccc2c1)c1cn(C)cn1. The molecule has 8 heteroatoms. The van der Waals surface area contributed by atoms with Gasteiger partial charge < -0.3 is 14.6 Å². The van der Waals surface area contributed by atoms with Crippen molar-refractivity contribution in [3.05, 3.63) is 90.0 Å². The van der Waals surface area contributed by atoms with Crippen LogP contribution in [0.15, 0.2) is 73.2 Å². The predicted molar refractivity (Wildman–Crippen MR) is 115 cm³/mol. The zero-order valence-electron chi connectivity index (χ0n) is 17.4. The van der Waals surface area contributed by atoms with Gasteiger partial charge in [-0.25, -0.2) is 4.98 Å². The molecule has 1 N–H and O–H groups in total. The van der Waals surface area contributed by atoms with Gasteiger partial charge in [0.05, 0.1) is 23.6 Å². The maximum atomic E-state index is 12.8. The van der Waals surface area contributed by atoms with Crippen LogP contribution in [0.2, 0.25) is 0 Å². The Hall–Kier alpha value is -3.81. The Morgan fingerprint density at radius 2 is 1.84 bits per heavy atom. The lowest BCUT2D eigenvalue weighted by atomic mass is 10.1. The fourth-order valence-corrected chi connectivity index (χ4v) is 3.33. The number of nitrogens with one attached hydrogen (secondary N) is 1. The average Bonchev–Trinajstić information content (AvgIpc) is 3.20. The number of hydrogen-bond donors (Lipinski definition) is 1. The quantitative estimate of drug-likeness (QED) is 0.423. The van der Waals surface area contributed by atoms with E-state index in [0.29, 0.717) is 11.3 Å². The van der Waals surface area contributed by atoms with Gasteiger partial charge in [0, 0.05) is 24.2 Å². The molecule has 1 heterocycles. The highest BCUT2D eigenvalue weighted by Crippen LogP contribution is 2.33. The van der Waals surface area contributed by atoms with Crippen molar-refractivity contribution in [2.24, 2.45) is 7.05 Å². The average molecular weight is 439 g/mol. The zero-order chi connectivity index (χ0) is 22.9. The lowest BCUT2D eigenvalue weighted by molar-refractivity contribution is -0.137. The molecule has 0 saturated carbocycles. The van der Waals surface area contributed by atoms with Gasteiger partial charge in [0.25, 0.3) is 5.91 Å². The van der Waals surface area contributed by atoms with E-state index in [1.54, 1.807) is 36.7 Å². The number of imidazole rings is 1. The summed E-state index contributed by atoms with van der Waals surface area (Å²) in [6.07, 6.45) is -0.884. The van der Waals surface area contributed by atoms with Crippen LogP contribution in [0.3, 0.4) is 0 Å². The van der Waals surface area contributed by atoms with Gasteiger partial charge in [0.15, 0.2) is 0 Å². The van der Waals surface area contributed by atoms with E-state index in [1.807, 2.05) is 30.8 Å².